The number of rotatable bonds is 1. The predicted octanol–water partition coefficient (Wildman–Crippen LogP) is 2.79. The van der Waals surface area contributed by atoms with Gasteiger partial charge in [-0.05, 0) is 6.92 Å². The highest BCUT2D eigenvalue weighted by molar-refractivity contribution is 7.20. The lowest BCUT2D eigenvalue weighted by atomic mass is 9.95. The Labute approximate surface area is 115 Å². The molecule has 0 spiro atoms. The minimum absolute atomic E-state index is 0.0928. The summed E-state index contributed by atoms with van der Waals surface area (Å²) in [6, 6.07) is 0. The van der Waals surface area contributed by atoms with Crippen molar-refractivity contribution in [1.29, 1.82) is 0 Å². The van der Waals surface area contributed by atoms with Crippen LogP contribution in [0.4, 0.5) is 0 Å². The first-order valence-electron chi connectivity index (χ1n) is 5.84. The van der Waals surface area contributed by atoms with Gasteiger partial charge in [0.1, 0.15) is 10.7 Å². The average molecular weight is 280 g/mol. The summed E-state index contributed by atoms with van der Waals surface area (Å²) in [4.78, 5) is 21.2. The van der Waals surface area contributed by atoms with Gasteiger partial charge in [0.2, 0.25) is 0 Å². The smallest absolute Gasteiger partial charge is 0.351 e. The molecule has 102 valence electrons. The fourth-order valence-corrected chi connectivity index (χ4v) is 2.76. The van der Waals surface area contributed by atoms with E-state index < -0.39 is 5.97 Å². The summed E-state index contributed by atoms with van der Waals surface area (Å²) in [5.41, 5.74) is 0.475. The molecule has 19 heavy (non-hydrogen) atoms. The monoisotopic (exact) mass is 280 g/mol. The number of ether oxygens (including phenoxy) is 1. The van der Waals surface area contributed by atoms with E-state index in [4.69, 9.17) is 0 Å². The van der Waals surface area contributed by atoms with Crippen molar-refractivity contribution in [2.45, 2.75) is 33.1 Å². The molecule has 1 N–H and O–H groups in total. The Hall–Kier alpha value is -1.69. The normalized spacial score (nSPS) is 11.8. The molecule has 0 aliphatic rings. The SMILES string of the molecule is COC(=O)c1sc2nc(C(C)(C)C)nc(C)c2c1O. The molecule has 6 heteroatoms. The molecule has 0 unspecified atom stereocenters. The van der Waals surface area contributed by atoms with Crippen LogP contribution in [0.15, 0.2) is 0 Å². The summed E-state index contributed by atoms with van der Waals surface area (Å²) in [6.45, 7) is 7.85. The Kier molecular flexibility index (Phi) is 3.22. The second-order valence-electron chi connectivity index (χ2n) is 5.33. The molecule has 2 aromatic heterocycles. The summed E-state index contributed by atoms with van der Waals surface area (Å²) in [7, 11) is 1.28. The summed E-state index contributed by atoms with van der Waals surface area (Å²) in [5, 5.41) is 10.6. The van der Waals surface area contributed by atoms with Crippen LogP contribution < -0.4 is 0 Å². The molecule has 0 amide bonds. The fourth-order valence-electron chi connectivity index (χ4n) is 1.72. The first-order chi connectivity index (χ1) is 8.75. The molecule has 0 aliphatic carbocycles. The quantitative estimate of drug-likeness (QED) is 0.813. The van der Waals surface area contributed by atoms with Crippen molar-refractivity contribution in [1.82, 2.24) is 9.97 Å². The van der Waals surface area contributed by atoms with Gasteiger partial charge in [-0.15, -0.1) is 11.3 Å². The lowest BCUT2D eigenvalue weighted by Crippen LogP contribution is -2.16. The van der Waals surface area contributed by atoms with Gasteiger partial charge < -0.3 is 9.84 Å². The van der Waals surface area contributed by atoms with Gasteiger partial charge in [-0.1, -0.05) is 20.8 Å². The molecular weight excluding hydrogens is 264 g/mol. The minimum atomic E-state index is -0.558. The van der Waals surface area contributed by atoms with Gasteiger partial charge in [0.15, 0.2) is 10.6 Å². The first kappa shape index (κ1) is 13.7. The molecule has 0 radical (unpaired) electrons. The lowest BCUT2D eigenvalue weighted by molar-refractivity contribution is 0.0603. The van der Waals surface area contributed by atoms with Crippen molar-refractivity contribution >= 4 is 27.5 Å². The maximum Gasteiger partial charge on any atom is 0.351 e. The van der Waals surface area contributed by atoms with Crippen molar-refractivity contribution < 1.29 is 14.6 Å². The number of nitrogens with zero attached hydrogens (tertiary/aromatic N) is 2. The Morgan fingerprint density at radius 2 is 1.95 bits per heavy atom. The molecule has 0 saturated heterocycles. The molecule has 0 atom stereocenters. The van der Waals surface area contributed by atoms with Crippen LogP contribution in [0.5, 0.6) is 5.75 Å². The number of aromatic hydroxyl groups is 1. The zero-order valence-corrected chi connectivity index (χ0v) is 12.4. The van der Waals surface area contributed by atoms with Gasteiger partial charge in [-0.3, -0.25) is 0 Å². The molecule has 2 aromatic rings. The molecule has 2 heterocycles. The van der Waals surface area contributed by atoms with Crippen molar-refractivity contribution in [2.75, 3.05) is 7.11 Å². The number of thiophene rings is 1. The second kappa shape index (κ2) is 4.45. The first-order valence-corrected chi connectivity index (χ1v) is 6.66. The number of carbonyl (C=O) groups is 1. The van der Waals surface area contributed by atoms with Crippen LogP contribution in [0.3, 0.4) is 0 Å². The van der Waals surface area contributed by atoms with Crippen LogP contribution in [-0.2, 0) is 10.2 Å². The van der Waals surface area contributed by atoms with E-state index in [0.717, 1.165) is 11.3 Å². The zero-order chi connectivity index (χ0) is 14.4. The van der Waals surface area contributed by atoms with Crippen LogP contribution in [0.1, 0.15) is 42.0 Å². The zero-order valence-electron chi connectivity index (χ0n) is 11.6. The van der Waals surface area contributed by atoms with E-state index in [2.05, 4.69) is 14.7 Å². The summed E-state index contributed by atoms with van der Waals surface area (Å²) < 4.78 is 4.65. The molecular formula is C13H16N2O3S. The van der Waals surface area contributed by atoms with Crippen LogP contribution in [-0.4, -0.2) is 28.2 Å². The number of esters is 1. The van der Waals surface area contributed by atoms with Gasteiger partial charge in [-0.25, -0.2) is 14.8 Å². The number of hydrogen-bond acceptors (Lipinski definition) is 6. The average Bonchev–Trinajstić information content (AvgIpc) is 2.65. The van der Waals surface area contributed by atoms with E-state index in [1.54, 1.807) is 6.92 Å². The Balaban J connectivity index is 2.74. The summed E-state index contributed by atoms with van der Waals surface area (Å²) >= 11 is 1.13. The highest BCUT2D eigenvalue weighted by Crippen LogP contribution is 2.38. The molecule has 0 bridgehead atoms. The largest absolute Gasteiger partial charge is 0.505 e. The molecule has 0 aliphatic heterocycles. The third-order valence-corrected chi connectivity index (χ3v) is 3.80. The van der Waals surface area contributed by atoms with Gasteiger partial charge >= 0.3 is 5.97 Å². The van der Waals surface area contributed by atoms with Gasteiger partial charge in [0, 0.05) is 5.41 Å². The maximum atomic E-state index is 11.6. The van der Waals surface area contributed by atoms with E-state index >= 15 is 0 Å². The lowest BCUT2D eigenvalue weighted by Gasteiger charge is -2.16. The maximum absolute atomic E-state index is 11.6. The molecule has 0 saturated carbocycles. The predicted molar refractivity (Wildman–Crippen MR) is 73.9 cm³/mol. The number of aromatic nitrogens is 2. The van der Waals surface area contributed by atoms with E-state index in [-0.39, 0.29) is 16.0 Å². The van der Waals surface area contributed by atoms with Gasteiger partial charge in [0.25, 0.3) is 0 Å². The van der Waals surface area contributed by atoms with E-state index in [1.807, 2.05) is 20.8 Å². The van der Waals surface area contributed by atoms with E-state index in [0.29, 0.717) is 21.7 Å². The number of carbonyl (C=O) groups excluding carboxylic acids is 1. The second-order valence-corrected chi connectivity index (χ2v) is 6.33. The topological polar surface area (TPSA) is 72.3 Å². The van der Waals surface area contributed by atoms with Crippen LogP contribution in [0.25, 0.3) is 10.2 Å². The van der Waals surface area contributed by atoms with Gasteiger partial charge in [-0.2, -0.15) is 0 Å². The fraction of sp³-hybridized carbons (Fsp3) is 0.462. The van der Waals surface area contributed by atoms with Crippen molar-refractivity contribution in [3.63, 3.8) is 0 Å². The van der Waals surface area contributed by atoms with Crippen LogP contribution in [0.2, 0.25) is 0 Å². The molecule has 5 nitrogen and oxygen atoms in total. The van der Waals surface area contributed by atoms with Gasteiger partial charge in [0.05, 0.1) is 18.2 Å². The van der Waals surface area contributed by atoms with E-state index in [9.17, 15) is 9.90 Å². The highest BCUT2D eigenvalue weighted by Gasteiger charge is 2.25. The van der Waals surface area contributed by atoms with E-state index in [1.165, 1.54) is 7.11 Å². The van der Waals surface area contributed by atoms with Crippen molar-refractivity contribution in [2.24, 2.45) is 0 Å². The molecule has 0 aromatic carbocycles. The van der Waals surface area contributed by atoms with Crippen molar-refractivity contribution in [3.8, 4) is 5.75 Å². The van der Waals surface area contributed by atoms with Crippen LogP contribution in [0, 0.1) is 6.92 Å². The third kappa shape index (κ3) is 2.28. The van der Waals surface area contributed by atoms with Crippen molar-refractivity contribution in [3.05, 3.63) is 16.4 Å². The summed E-state index contributed by atoms with van der Waals surface area (Å²) in [6.07, 6.45) is 0. The highest BCUT2D eigenvalue weighted by atomic mass is 32.1. The Bertz CT molecular complexity index is 656. The summed E-state index contributed by atoms with van der Waals surface area (Å²) in [5.74, 6) is 0.0391. The number of hydrogen-bond donors (Lipinski definition) is 1. The molecule has 2 rings (SSSR count). The number of methoxy groups -OCH3 is 1. The Morgan fingerprint density at radius 3 is 2.47 bits per heavy atom. The number of fused-ring (bicyclic) bond motifs is 1. The van der Waals surface area contributed by atoms with Crippen LogP contribution >= 0.6 is 11.3 Å². The third-order valence-electron chi connectivity index (χ3n) is 2.75. The minimum Gasteiger partial charge on any atom is -0.505 e. The molecule has 0 fully saturated rings. The standard InChI is InChI=1S/C13H16N2O3S/c1-6-7-8(16)9(11(17)18-5)19-10(7)15-12(14-6)13(2,3)4/h16H,1-5H3. The number of aryl methyl sites for hydroxylation is 1. The Morgan fingerprint density at radius 1 is 1.32 bits per heavy atom.